The van der Waals surface area contributed by atoms with Gasteiger partial charge < -0.3 is 15.7 Å². The molecule has 0 radical (unpaired) electrons. The molecule has 3 N–H and O–H groups in total. The minimum atomic E-state index is -0.147. The summed E-state index contributed by atoms with van der Waals surface area (Å²) in [7, 11) is 0. The SMILES string of the molecule is O=C(NCCC1CCC1)N[C@H](CCO)c1ccccc1. The highest BCUT2D eigenvalue weighted by molar-refractivity contribution is 5.74. The Bertz CT molecular complexity index is 404. The number of carbonyl (C=O) groups is 1. The zero-order chi connectivity index (χ0) is 14.2. The number of aliphatic hydroxyl groups excluding tert-OH is 1. The van der Waals surface area contributed by atoms with E-state index in [0.717, 1.165) is 24.4 Å². The van der Waals surface area contributed by atoms with Gasteiger partial charge in [-0.05, 0) is 24.3 Å². The Kier molecular flexibility index (Phi) is 5.87. The Morgan fingerprint density at radius 3 is 2.65 bits per heavy atom. The Hall–Kier alpha value is -1.55. The van der Waals surface area contributed by atoms with Gasteiger partial charge in [0, 0.05) is 13.2 Å². The predicted molar refractivity (Wildman–Crippen MR) is 79.4 cm³/mol. The lowest BCUT2D eigenvalue weighted by atomic mass is 9.83. The molecule has 0 aromatic heterocycles. The van der Waals surface area contributed by atoms with Gasteiger partial charge in [-0.1, -0.05) is 49.6 Å². The highest BCUT2D eigenvalue weighted by Gasteiger charge is 2.17. The first kappa shape index (κ1) is 14.9. The molecule has 0 spiro atoms. The third-order valence-electron chi connectivity index (χ3n) is 3.99. The van der Waals surface area contributed by atoms with E-state index in [1.54, 1.807) is 0 Å². The molecule has 1 aromatic rings. The van der Waals surface area contributed by atoms with Crippen molar-refractivity contribution < 1.29 is 9.90 Å². The summed E-state index contributed by atoms with van der Waals surface area (Å²) in [6, 6.07) is 9.48. The molecule has 0 aliphatic heterocycles. The molecule has 2 amide bonds. The molecule has 4 heteroatoms. The molecule has 0 bridgehead atoms. The van der Waals surface area contributed by atoms with Gasteiger partial charge in [-0.15, -0.1) is 0 Å². The summed E-state index contributed by atoms with van der Waals surface area (Å²) in [6.07, 6.45) is 5.55. The largest absolute Gasteiger partial charge is 0.396 e. The van der Waals surface area contributed by atoms with Crippen LogP contribution in [0.25, 0.3) is 0 Å². The lowest BCUT2D eigenvalue weighted by Gasteiger charge is -2.25. The second-order valence-electron chi connectivity index (χ2n) is 5.46. The van der Waals surface area contributed by atoms with Gasteiger partial charge in [-0.3, -0.25) is 0 Å². The van der Waals surface area contributed by atoms with Crippen molar-refractivity contribution in [3.63, 3.8) is 0 Å². The van der Waals surface area contributed by atoms with E-state index in [-0.39, 0.29) is 18.7 Å². The van der Waals surface area contributed by atoms with Crippen LogP contribution in [0.4, 0.5) is 4.79 Å². The summed E-state index contributed by atoms with van der Waals surface area (Å²) in [4.78, 5) is 11.9. The smallest absolute Gasteiger partial charge is 0.315 e. The van der Waals surface area contributed by atoms with Crippen LogP contribution in [-0.4, -0.2) is 24.3 Å². The first-order valence-electron chi connectivity index (χ1n) is 7.49. The van der Waals surface area contributed by atoms with Gasteiger partial charge >= 0.3 is 6.03 Å². The Morgan fingerprint density at radius 2 is 2.05 bits per heavy atom. The van der Waals surface area contributed by atoms with Gasteiger partial charge in [0.15, 0.2) is 0 Å². The van der Waals surface area contributed by atoms with Crippen molar-refractivity contribution in [2.75, 3.05) is 13.2 Å². The van der Waals surface area contributed by atoms with Gasteiger partial charge in [-0.2, -0.15) is 0 Å². The van der Waals surface area contributed by atoms with Crippen molar-refractivity contribution >= 4 is 6.03 Å². The normalized spacial score (nSPS) is 16.2. The van der Waals surface area contributed by atoms with E-state index >= 15 is 0 Å². The highest BCUT2D eigenvalue weighted by atomic mass is 16.3. The molecule has 2 rings (SSSR count). The maximum atomic E-state index is 11.9. The number of carbonyl (C=O) groups excluding carboxylic acids is 1. The van der Waals surface area contributed by atoms with Crippen LogP contribution in [0.15, 0.2) is 30.3 Å². The zero-order valence-electron chi connectivity index (χ0n) is 11.8. The van der Waals surface area contributed by atoms with Crippen LogP contribution in [0.3, 0.4) is 0 Å². The fourth-order valence-electron chi connectivity index (χ4n) is 2.52. The Morgan fingerprint density at radius 1 is 1.30 bits per heavy atom. The van der Waals surface area contributed by atoms with Crippen molar-refractivity contribution in [2.45, 2.75) is 38.1 Å². The molecule has 1 aromatic carbocycles. The van der Waals surface area contributed by atoms with Crippen LogP contribution in [0.2, 0.25) is 0 Å². The molecule has 1 fully saturated rings. The molecular formula is C16H24N2O2. The minimum absolute atomic E-state index is 0.0575. The number of amides is 2. The van der Waals surface area contributed by atoms with E-state index in [2.05, 4.69) is 10.6 Å². The second kappa shape index (κ2) is 7.90. The summed E-state index contributed by atoms with van der Waals surface area (Å²) in [5.74, 6) is 0.803. The van der Waals surface area contributed by atoms with Crippen molar-refractivity contribution in [1.82, 2.24) is 10.6 Å². The molecule has 0 unspecified atom stereocenters. The van der Waals surface area contributed by atoms with E-state index < -0.39 is 0 Å². The average Bonchev–Trinajstić information content (AvgIpc) is 2.42. The Balaban J connectivity index is 1.76. The van der Waals surface area contributed by atoms with Crippen LogP contribution in [0.5, 0.6) is 0 Å². The quantitative estimate of drug-likeness (QED) is 0.717. The number of aliphatic hydroxyl groups is 1. The van der Waals surface area contributed by atoms with Crippen LogP contribution in [0.1, 0.15) is 43.7 Å². The molecule has 110 valence electrons. The van der Waals surface area contributed by atoms with E-state index in [9.17, 15) is 4.79 Å². The van der Waals surface area contributed by atoms with Crippen LogP contribution < -0.4 is 10.6 Å². The zero-order valence-corrected chi connectivity index (χ0v) is 11.8. The lowest BCUT2D eigenvalue weighted by molar-refractivity contribution is 0.226. The third-order valence-corrected chi connectivity index (χ3v) is 3.99. The highest BCUT2D eigenvalue weighted by Crippen LogP contribution is 2.28. The van der Waals surface area contributed by atoms with Crippen molar-refractivity contribution in [1.29, 1.82) is 0 Å². The second-order valence-corrected chi connectivity index (χ2v) is 5.46. The molecule has 0 saturated heterocycles. The monoisotopic (exact) mass is 276 g/mol. The van der Waals surface area contributed by atoms with Crippen LogP contribution >= 0.6 is 0 Å². The van der Waals surface area contributed by atoms with Gasteiger partial charge in [0.25, 0.3) is 0 Å². The number of hydrogen-bond donors (Lipinski definition) is 3. The van der Waals surface area contributed by atoms with E-state index in [1.807, 2.05) is 30.3 Å². The van der Waals surface area contributed by atoms with Crippen molar-refractivity contribution in [3.8, 4) is 0 Å². The molecule has 1 aliphatic carbocycles. The third kappa shape index (κ3) is 4.53. The standard InChI is InChI=1S/C16H24N2O2/c19-12-10-15(14-7-2-1-3-8-14)18-16(20)17-11-9-13-5-4-6-13/h1-3,7-8,13,15,19H,4-6,9-12H2,(H2,17,18,20)/t15-/m1/s1. The van der Waals surface area contributed by atoms with E-state index in [4.69, 9.17) is 5.11 Å². The van der Waals surface area contributed by atoms with Gasteiger partial charge in [0.2, 0.25) is 0 Å². The van der Waals surface area contributed by atoms with Crippen molar-refractivity contribution in [3.05, 3.63) is 35.9 Å². The average molecular weight is 276 g/mol. The molecule has 1 aliphatic rings. The lowest BCUT2D eigenvalue weighted by Crippen LogP contribution is -2.39. The predicted octanol–water partition coefficient (Wildman–Crippen LogP) is 2.60. The molecular weight excluding hydrogens is 252 g/mol. The van der Waals surface area contributed by atoms with E-state index in [0.29, 0.717) is 6.42 Å². The van der Waals surface area contributed by atoms with Crippen molar-refractivity contribution in [2.24, 2.45) is 5.92 Å². The maximum absolute atomic E-state index is 11.9. The van der Waals surface area contributed by atoms with Crippen LogP contribution in [-0.2, 0) is 0 Å². The summed E-state index contributed by atoms with van der Waals surface area (Å²) in [6.45, 7) is 0.791. The molecule has 20 heavy (non-hydrogen) atoms. The maximum Gasteiger partial charge on any atom is 0.315 e. The molecule has 1 atom stereocenters. The fourth-order valence-corrected chi connectivity index (χ4v) is 2.52. The molecule has 1 saturated carbocycles. The van der Waals surface area contributed by atoms with Gasteiger partial charge in [-0.25, -0.2) is 4.79 Å². The number of benzene rings is 1. The number of urea groups is 1. The number of nitrogens with one attached hydrogen (secondary N) is 2. The summed E-state index contributed by atoms with van der Waals surface area (Å²) in [5.41, 5.74) is 1.02. The topological polar surface area (TPSA) is 61.4 Å². The van der Waals surface area contributed by atoms with Gasteiger partial charge in [0.1, 0.15) is 0 Å². The first-order valence-corrected chi connectivity index (χ1v) is 7.49. The summed E-state index contributed by atoms with van der Waals surface area (Å²) >= 11 is 0. The van der Waals surface area contributed by atoms with Gasteiger partial charge in [0.05, 0.1) is 6.04 Å². The number of hydrogen-bond acceptors (Lipinski definition) is 2. The fraction of sp³-hybridized carbons (Fsp3) is 0.562. The molecule has 0 heterocycles. The molecule has 4 nitrogen and oxygen atoms in total. The van der Waals surface area contributed by atoms with Crippen LogP contribution in [0, 0.1) is 5.92 Å². The summed E-state index contributed by atoms with van der Waals surface area (Å²) < 4.78 is 0. The Labute approximate surface area is 120 Å². The number of rotatable bonds is 7. The van der Waals surface area contributed by atoms with E-state index in [1.165, 1.54) is 19.3 Å². The minimum Gasteiger partial charge on any atom is -0.396 e. The first-order chi connectivity index (χ1) is 9.79. The summed E-state index contributed by atoms with van der Waals surface area (Å²) in [5, 5.41) is 15.0.